The molecule has 0 saturated carbocycles. The topological polar surface area (TPSA) is 166 Å². The molecule has 0 amide bonds. The van der Waals surface area contributed by atoms with Crippen LogP contribution < -0.4 is 11.5 Å². The summed E-state index contributed by atoms with van der Waals surface area (Å²) >= 11 is 0. The van der Waals surface area contributed by atoms with Gasteiger partial charge in [0, 0.05) is 34.1 Å². The lowest BCUT2D eigenvalue weighted by atomic mass is 10.00. The number of carboxylic acids is 1. The van der Waals surface area contributed by atoms with Crippen LogP contribution in [0.15, 0.2) is 52.9 Å². The van der Waals surface area contributed by atoms with Gasteiger partial charge < -0.3 is 26.0 Å². The Morgan fingerprint density at radius 3 is 2.38 bits per heavy atom. The zero-order valence-corrected chi connectivity index (χ0v) is 15.3. The average molecular weight is 389 g/mol. The maximum atomic E-state index is 11.9. The first kappa shape index (κ1) is 18.3. The number of benzene rings is 2. The first-order valence-corrected chi connectivity index (χ1v) is 8.88. The van der Waals surface area contributed by atoms with Gasteiger partial charge >= 0.3 is 5.97 Å². The van der Waals surface area contributed by atoms with Crippen molar-refractivity contribution in [2.24, 2.45) is 11.5 Å². The van der Waals surface area contributed by atoms with E-state index < -0.39 is 11.9 Å². The van der Waals surface area contributed by atoms with Crippen molar-refractivity contribution >= 4 is 39.5 Å². The van der Waals surface area contributed by atoms with E-state index in [-0.39, 0.29) is 18.1 Å². The number of hydrogen-bond donors (Lipinski definition) is 6. The Bertz CT molecular complexity index is 1280. The van der Waals surface area contributed by atoms with Gasteiger partial charge in [0.05, 0.1) is 0 Å². The van der Waals surface area contributed by atoms with Crippen molar-refractivity contribution in [2.75, 3.05) is 0 Å². The van der Waals surface area contributed by atoms with Gasteiger partial charge in [-0.3, -0.25) is 15.6 Å². The summed E-state index contributed by atoms with van der Waals surface area (Å²) in [6.45, 7) is 0. The monoisotopic (exact) mass is 389 g/mol. The first-order chi connectivity index (χ1) is 13.8. The van der Waals surface area contributed by atoms with E-state index in [0.717, 1.165) is 16.6 Å². The highest BCUT2D eigenvalue weighted by molar-refractivity contribution is 5.99. The normalized spacial score (nSPS) is 12.3. The zero-order valence-electron chi connectivity index (χ0n) is 15.3. The summed E-state index contributed by atoms with van der Waals surface area (Å²) < 4.78 is 5.77. The van der Waals surface area contributed by atoms with Crippen LogP contribution in [-0.4, -0.2) is 27.7 Å². The summed E-state index contributed by atoms with van der Waals surface area (Å²) in [7, 11) is 0. The molecule has 2 aromatic heterocycles. The highest BCUT2D eigenvalue weighted by Crippen LogP contribution is 2.29. The average Bonchev–Trinajstić information content (AvgIpc) is 3.27. The fourth-order valence-electron chi connectivity index (χ4n) is 3.40. The Kier molecular flexibility index (Phi) is 4.31. The number of aliphatic carboxylic acids is 1. The number of carboxylic acid groups (broad SMARTS) is 1. The van der Waals surface area contributed by atoms with E-state index in [9.17, 15) is 9.90 Å². The molecule has 0 fully saturated rings. The number of furan rings is 1. The van der Waals surface area contributed by atoms with E-state index in [0.29, 0.717) is 27.9 Å². The summed E-state index contributed by atoms with van der Waals surface area (Å²) in [5, 5.41) is 26.5. The molecule has 2 aromatic carbocycles. The van der Waals surface area contributed by atoms with Crippen LogP contribution in [0.25, 0.3) is 21.9 Å². The van der Waals surface area contributed by atoms with Crippen LogP contribution in [0.2, 0.25) is 0 Å². The quantitative estimate of drug-likeness (QED) is 0.220. The molecule has 0 aliphatic carbocycles. The molecule has 2 heterocycles. The van der Waals surface area contributed by atoms with E-state index in [1.54, 1.807) is 36.4 Å². The third-order valence-electron chi connectivity index (χ3n) is 4.90. The SMILES string of the molecule is N=C(N)c1ccc2oc(C(Cc3cc4ccc(C(=N)N)cc4[nH]3)C(=O)O)cc2c1. The van der Waals surface area contributed by atoms with Crippen molar-refractivity contribution < 1.29 is 14.3 Å². The second-order valence-electron chi connectivity index (χ2n) is 6.92. The number of H-pyrrole nitrogens is 1. The molecule has 0 spiro atoms. The summed E-state index contributed by atoms with van der Waals surface area (Å²) in [6.07, 6.45) is 0.207. The van der Waals surface area contributed by atoms with Crippen molar-refractivity contribution in [1.29, 1.82) is 10.8 Å². The molecule has 29 heavy (non-hydrogen) atoms. The Labute approximate surface area is 165 Å². The Morgan fingerprint density at radius 2 is 1.69 bits per heavy atom. The van der Waals surface area contributed by atoms with Crippen molar-refractivity contribution in [1.82, 2.24) is 4.98 Å². The molecule has 8 heteroatoms. The second kappa shape index (κ2) is 6.83. The number of nitrogen functional groups attached to an aromatic ring is 2. The van der Waals surface area contributed by atoms with Gasteiger partial charge in [0.1, 0.15) is 28.9 Å². The van der Waals surface area contributed by atoms with Crippen LogP contribution in [-0.2, 0) is 11.2 Å². The molecular weight excluding hydrogens is 370 g/mol. The smallest absolute Gasteiger partial charge is 0.314 e. The Balaban J connectivity index is 1.68. The summed E-state index contributed by atoms with van der Waals surface area (Å²) in [5.41, 5.74) is 14.3. The van der Waals surface area contributed by atoms with Gasteiger partial charge in [0.15, 0.2) is 0 Å². The van der Waals surface area contributed by atoms with Crippen LogP contribution in [0.4, 0.5) is 0 Å². The number of aromatic amines is 1. The molecule has 0 aliphatic heterocycles. The number of nitrogens with two attached hydrogens (primary N) is 2. The predicted octanol–water partition coefficient (Wildman–Crippen LogP) is 2.89. The Hall–Kier alpha value is -4.07. The van der Waals surface area contributed by atoms with Crippen molar-refractivity contribution in [3.05, 3.63) is 71.1 Å². The number of rotatable bonds is 6. The van der Waals surface area contributed by atoms with Gasteiger partial charge in [-0.1, -0.05) is 12.1 Å². The minimum Gasteiger partial charge on any atom is -0.481 e. The minimum absolute atomic E-state index is 0.0290. The second-order valence-corrected chi connectivity index (χ2v) is 6.92. The zero-order chi connectivity index (χ0) is 20.7. The van der Waals surface area contributed by atoms with Gasteiger partial charge in [0.2, 0.25) is 0 Å². The highest BCUT2D eigenvalue weighted by atomic mass is 16.4. The molecule has 1 atom stereocenters. The number of aromatic nitrogens is 1. The van der Waals surface area contributed by atoms with E-state index in [4.69, 9.17) is 26.7 Å². The van der Waals surface area contributed by atoms with E-state index in [1.807, 2.05) is 12.1 Å². The van der Waals surface area contributed by atoms with E-state index >= 15 is 0 Å². The number of carbonyl (C=O) groups is 1. The number of fused-ring (bicyclic) bond motifs is 2. The van der Waals surface area contributed by atoms with Gasteiger partial charge in [0.25, 0.3) is 0 Å². The van der Waals surface area contributed by atoms with Crippen molar-refractivity contribution in [2.45, 2.75) is 12.3 Å². The van der Waals surface area contributed by atoms with Crippen molar-refractivity contribution in [3.63, 3.8) is 0 Å². The number of nitrogens with one attached hydrogen (secondary N) is 3. The summed E-state index contributed by atoms with van der Waals surface area (Å²) in [5.74, 6) is -1.65. The largest absolute Gasteiger partial charge is 0.481 e. The molecule has 8 nitrogen and oxygen atoms in total. The maximum absolute atomic E-state index is 11.9. The van der Waals surface area contributed by atoms with Gasteiger partial charge in [-0.25, -0.2) is 0 Å². The minimum atomic E-state index is -1.00. The number of amidine groups is 2. The fourth-order valence-corrected chi connectivity index (χ4v) is 3.40. The molecule has 0 aliphatic rings. The van der Waals surface area contributed by atoms with Crippen LogP contribution in [0.3, 0.4) is 0 Å². The summed E-state index contributed by atoms with van der Waals surface area (Å²) in [4.78, 5) is 15.1. The molecule has 0 radical (unpaired) electrons. The lowest BCUT2D eigenvalue weighted by molar-refractivity contribution is -0.139. The van der Waals surface area contributed by atoms with Crippen LogP contribution in [0.5, 0.6) is 0 Å². The lowest BCUT2D eigenvalue weighted by Gasteiger charge is -2.08. The fraction of sp³-hybridized carbons (Fsp3) is 0.0952. The third-order valence-corrected chi connectivity index (χ3v) is 4.90. The van der Waals surface area contributed by atoms with Gasteiger partial charge in [-0.05, 0) is 41.8 Å². The molecule has 8 N–H and O–H groups in total. The summed E-state index contributed by atoms with van der Waals surface area (Å²) in [6, 6.07) is 14.0. The molecule has 4 rings (SSSR count). The third kappa shape index (κ3) is 3.43. The number of hydrogen-bond acceptors (Lipinski definition) is 4. The van der Waals surface area contributed by atoms with Crippen LogP contribution >= 0.6 is 0 Å². The molecule has 0 saturated heterocycles. The molecular formula is C21H19N5O3. The van der Waals surface area contributed by atoms with Gasteiger partial charge in [-0.15, -0.1) is 0 Å². The van der Waals surface area contributed by atoms with Crippen molar-refractivity contribution in [3.8, 4) is 0 Å². The molecule has 0 bridgehead atoms. The maximum Gasteiger partial charge on any atom is 0.314 e. The standard InChI is InChI=1S/C21H19N5O3/c22-19(23)11-3-4-17-13(5-11)8-18(29-17)15(21(27)28)9-14-6-10-1-2-12(20(24)25)7-16(10)26-14/h1-8,15,26H,9H2,(H3,22,23)(H3,24,25)(H,27,28). The predicted molar refractivity (Wildman–Crippen MR) is 111 cm³/mol. The highest BCUT2D eigenvalue weighted by Gasteiger charge is 2.25. The molecule has 1 unspecified atom stereocenters. The molecule has 146 valence electrons. The molecule has 4 aromatic rings. The first-order valence-electron chi connectivity index (χ1n) is 8.88. The Morgan fingerprint density at radius 1 is 1.00 bits per heavy atom. The van der Waals surface area contributed by atoms with Crippen LogP contribution in [0.1, 0.15) is 28.5 Å². The van der Waals surface area contributed by atoms with E-state index in [1.165, 1.54) is 0 Å². The van der Waals surface area contributed by atoms with Gasteiger partial charge in [-0.2, -0.15) is 0 Å². The van der Waals surface area contributed by atoms with Crippen LogP contribution in [0, 0.1) is 10.8 Å². The lowest BCUT2D eigenvalue weighted by Crippen LogP contribution is -2.14. The van der Waals surface area contributed by atoms with E-state index in [2.05, 4.69) is 4.98 Å².